The van der Waals surface area contributed by atoms with Gasteiger partial charge in [0.1, 0.15) is 0 Å². The Labute approximate surface area is 112 Å². The molecule has 0 spiro atoms. The quantitative estimate of drug-likeness (QED) is 0.780. The number of rotatable bonds is 4. The van der Waals surface area contributed by atoms with Gasteiger partial charge in [-0.15, -0.1) is 11.3 Å². The second-order valence-electron chi connectivity index (χ2n) is 3.39. The number of thiophene rings is 1. The second-order valence-corrected chi connectivity index (χ2v) is 7.14. The third-order valence-corrected chi connectivity index (χ3v) is 4.44. The predicted octanol–water partition coefficient (Wildman–Crippen LogP) is 5.01. The van der Waals surface area contributed by atoms with Gasteiger partial charge in [0.15, 0.2) is 0 Å². The van der Waals surface area contributed by atoms with Crippen LogP contribution in [0.4, 0.5) is 13.2 Å². The fraction of sp³-hybridized carbons (Fsp3) is 0.556. The van der Waals surface area contributed by atoms with E-state index in [1.807, 2.05) is 6.07 Å². The maximum absolute atomic E-state index is 11.9. The maximum Gasteiger partial charge on any atom is 0.389 e. The van der Waals surface area contributed by atoms with Crippen LogP contribution in [-0.4, -0.2) is 6.18 Å². The van der Waals surface area contributed by atoms with Crippen molar-refractivity contribution < 1.29 is 13.2 Å². The van der Waals surface area contributed by atoms with Crippen molar-refractivity contribution >= 4 is 43.2 Å². The summed E-state index contributed by atoms with van der Waals surface area (Å²) < 4.78 is 37.6. The highest BCUT2D eigenvalue weighted by Crippen LogP contribution is 2.36. The topological polar surface area (TPSA) is 26.0 Å². The summed E-state index contributed by atoms with van der Waals surface area (Å²) in [5.41, 5.74) is 6.69. The molecule has 1 rings (SSSR count). The summed E-state index contributed by atoms with van der Waals surface area (Å²) in [6.45, 7) is 0. The fourth-order valence-corrected chi connectivity index (χ4v) is 4.28. The monoisotopic (exact) mass is 379 g/mol. The lowest BCUT2D eigenvalue weighted by atomic mass is 10.1. The zero-order valence-electron chi connectivity index (χ0n) is 8.15. The van der Waals surface area contributed by atoms with Crippen LogP contribution in [0.15, 0.2) is 13.6 Å². The average Bonchev–Trinajstić information content (AvgIpc) is 2.43. The van der Waals surface area contributed by atoms with Crippen LogP contribution in [0, 0.1) is 0 Å². The second kappa shape index (κ2) is 5.84. The van der Waals surface area contributed by atoms with E-state index in [2.05, 4.69) is 31.9 Å². The Morgan fingerprint density at radius 2 is 2.00 bits per heavy atom. The molecule has 1 heterocycles. The van der Waals surface area contributed by atoms with E-state index in [0.29, 0.717) is 6.42 Å². The van der Waals surface area contributed by atoms with Crippen LogP contribution in [0.3, 0.4) is 0 Å². The van der Waals surface area contributed by atoms with Gasteiger partial charge in [-0.05, 0) is 56.3 Å². The van der Waals surface area contributed by atoms with Gasteiger partial charge in [0, 0.05) is 12.5 Å². The molecule has 0 bridgehead atoms. The van der Waals surface area contributed by atoms with Gasteiger partial charge in [-0.2, -0.15) is 13.2 Å². The summed E-state index contributed by atoms with van der Waals surface area (Å²) in [6.07, 6.45) is -4.47. The Hall–Kier alpha value is 0.410. The van der Waals surface area contributed by atoms with Crippen molar-refractivity contribution in [2.24, 2.45) is 5.73 Å². The van der Waals surface area contributed by atoms with Crippen LogP contribution in [0.2, 0.25) is 0 Å². The fourth-order valence-electron chi connectivity index (χ4n) is 1.28. The van der Waals surface area contributed by atoms with Gasteiger partial charge in [-0.3, -0.25) is 0 Å². The maximum atomic E-state index is 11.9. The molecule has 7 heteroatoms. The van der Waals surface area contributed by atoms with Gasteiger partial charge < -0.3 is 5.73 Å². The minimum Gasteiger partial charge on any atom is -0.324 e. The molecule has 0 aliphatic heterocycles. The van der Waals surface area contributed by atoms with Crippen LogP contribution < -0.4 is 5.73 Å². The SMILES string of the molecule is NC(CCCC(F)(F)F)c1cc(Br)sc1Br. The summed E-state index contributed by atoms with van der Waals surface area (Å²) in [5, 5.41) is 0. The van der Waals surface area contributed by atoms with Crippen molar-refractivity contribution in [1.29, 1.82) is 0 Å². The predicted molar refractivity (Wildman–Crippen MR) is 66.6 cm³/mol. The lowest BCUT2D eigenvalue weighted by molar-refractivity contribution is -0.135. The van der Waals surface area contributed by atoms with E-state index in [9.17, 15) is 13.2 Å². The molecular formula is C9H10Br2F3NS. The highest BCUT2D eigenvalue weighted by molar-refractivity contribution is 9.12. The zero-order valence-corrected chi connectivity index (χ0v) is 12.1. The highest BCUT2D eigenvalue weighted by atomic mass is 79.9. The minimum absolute atomic E-state index is 0.0601. The van der Waals surface area contributed by atoms with Crippen LogP contribution in [0.25, 0.3) is 0 Å². The van der Waals surface area contributed by atoms with Gasteiger partial charge >= 0.3 is 6.18 Å². The van der Waals surface area contributed by atoms with Gasteiger partial charge in [0.25, 0.3) is 0 Å². The summed E-state index contributed by atoms with van der Waals surface area (Å²) in [4.78, 5) is 0. The van der Waals surface area contributed by atoms with E-state index in [1.165, 1.54) is 11.3 Å². The zero-order chi connectivity index (χ0) is 12.3. The molecule has 92 valence electrons. The molecule has 0 saturated carbocycles. The molecule has 0 aliphatic carbocycles. The molecule has 1 atom stereocenters. The molecule has 16 heavy (non-hydrogen) atoms. The van der Waals surface area contributed by atoms with Crippen LogP contribution in [0.1, 0.15) is 30.9 Å². The lowest BCUT2D eigenvalue weighted by Crippen LogP contribution is -2.12. The number of alkyl halides is 3. The normalized spacial score (nSPS) is 14.1. The first-order valence-electron chi connectivity index (χ1n) is 4.56. The molecule has 1 aromatic heterocycles. The van der Waals surface area contributed by atoms with Crippen LogP contribution >= 0.6 is 43.2 Å². The summed E-state index contributed by atoms with van der Waals surface area (Å²) in [7, 11) is 0. The smallest absolute Gasteiger partial charge is 0.324 e. The molecular weight excluding hydrogens is 371 g/mol. The van der Waals surface area contributed by atoms with E-state index in [4.69, 9.17) is 5.73 Å². The van der Waals surface area contributed by atoms with Gasteiger partial charge in [-0.25, -0.2) is 0 Å². The van der Waals surface area contributed by atoms with Gasteiger partial charge in [0.2, 0.25) is 0 Å². The molecule has 1 aromatic rings. The number of hydrogen-bond donors (Lipinski definition) is 1. The largest absolute Gasteiger partial charge is 0.389 e. The molecule has 0 saturated heterocycles. The lowest BCUT2D eigenvalue weighted by Gasteiger charge is -2.11. The Morgan fingerprint density at radius 3 is 2.44 bits per heavy atom. The van der Waals surface area contributed by atoms with Crippen molar-refractivity contribution in [3.05, 3.63) is 19.2 Å². The molecule has 0 aliphatic rings. The highest BCUT2D eigenvalue weighted by Gasteiger charge is 2.26. The summed E-state index contributed by atoms with van der Waals surface area (Å²) in [5.74, 6) is 0. The third kappa shape index (κ3) is 4.73. The van der Waals surface area contributed by atoms with Gasteiger partial charge in [0.05, 0.1) is 7.57 Å². The van der Waals surface area contributed by atoms with Crippen molar-refractivity contribution in [1.82, 2.24) is 0 Å². The standard InChI is InChI=1S/C9H10Br2F3NS/c10-7-4-5(8(11)16-7)6(15)2-1-3-9(12,13)14/h4,6H,1-3,15H2. The molecule has 1 nitrogen and oxygen atoms in total. The Morgan fingerprint density at radius 1 is 1.38 bits per heavy atom. The van der Waals surface area contributed by atoms with Crippen molar-refractivity contribution in [2.45, 2.75) is 31.5 Å². The van der Waals surface area contributed by atoms with Crippen molar-refractivity contribution in [2.75, 3.05) is 0 Å². The third-order valence-electron chi connectivity index (χ3n) is 2.06. The van der Waals surface area contributed by atoms with Crippen molar-refractivity contribution in [3.8, 4) is 0 Å². The van der Waals surface area contributed by atoms with E-state index < -0.39 is 12.6 Å². The number of halogens is 5. The van der Waals surface area contributed by atoms with Crippen LogP contribution in [-0.2, 0) is 0 Å². The summed E-state index contributed by atoms with van der Waals surface area (Å²) >= 11 is 8.11. The first-order chi connectivity index (χ1) is 7.29. The van der Waals surface area contributed by atoms with E-state index >= 15 is 0 Å². The number of hydrogen-bond acceptors (Lipinski definition) is 2. The Kier molecular flexibility index (Phi) is 5.28. The van der Waals surface area contributed by atoms with Crippen LogP contribution in [0.5, 0.6) is 0 Å². The summed E-state index contributed by atoms with van der Waals surface area (Å²) in [6, 6.07) is 1.49. The average molecular weight is 381 g/mol. The van der Waals surface area contributed by atoms with E-state index in [1.54, 1.807) is 0 Å². The molecule has 0 aromatic carbocycles. The number of nitrogens with two attached hydrogens (primary N) is 1. The molecule has 0 radical (unpaired) electrons. The first-order valence-corrected chi connectivity index (χ1v) is 6.97. The molecule has 2 N–H and O–H groups in total. The minimum atomic E-state index is -4.09. The van der Waals surface area contributed by atoms with E-state index in [0.717, 1.165) is 13.1 Å². The molecule has 0 fully saturated rings. The van der Waals surface area contributed by atoms with Gasteiger partial charge in [-0.1, -0.05) is 0 Å². The molecule has 0 amide bonds. The van der Waals surface area contributed by atoms with Crippen molar-refractivity contribution in [3.63, 3.8) is 0 Å². The van der Waals surface area contributed by atoms with E-state index in [-0.39, 0.29) is 12.5 Å². The Bertz CT molecular complexity index is 351. The molecule has 1 unspecified atom stereocenters. The first kappa shape index (κ1) is 14.5. The Balaban J connectivity index is 2.47.